The van der Waals surface area contributed by atoms with Gasteiger partial charge in [-0.2, -0.15) is 11.8 Å². The molecule has 19 heavy (non-hydrogen) atoms. The monoisotopic (exact) mass is 295 g/mol. The maximum absolute atomic E-state index is 6.30. The molecule has 0 amide bonds. The predicted octanol–water partition coefficient (Wildman–Crippen LogP) is 4.02. The van der Waals surface area contributed by atoms with Gasteiger partial charge in [-0.25, -0.2) is 9.97 Å². The molecule has 0 aromatic carbocycles. The molecule has 1 fully saturated rings. The Kier molecular flexibility index (Phi) is 3.48. The van der Waals surface area contributed by atoms with Crippen LogP contribution in [0.5, 0.6) is 0 Å². The minimum Gasteiger partial charge on any atom is -0.310 e. The quantitative estimate of drug-likeness (QED) is 0.798. The van der Waals surface area contributed by atoms with Gasteiger partial charge in [-0.15, -0.1) is 11.6 Å². The third kappa shape index (κ3) is 2.25. The van der Waals surface area contributed by atoms with Gasteiger partial charge in [0.25, 0.3) is 0 Å². The number of imidazole rings is 1. The van der Waals surface area contributed by atoms with E-state index in [1.165, 1.54) is 19.3 Å². The first-order valence-corrected chi connectivity index (χ1v) is 8.32. The molecule has 1 saturated carbocycles. The zero-order valence-electron chi connectivity index (χ0n) is 11.3. The van der Waals surface area contributed by atoms with Gasteiger partial charge in [-0.1, -0.05) is 6.42 Å². The topological polar surface area (TPSA) is 30.7 Å². The average molecular weight is 296 g/mol. The van der Waals surface area contributed by atoms with E-state index in [1.54, 1.807) is 0 Å². The van der Waals surface area contributed by atoms with Gasteiger partial charge in [0.15, 0.2) is 5.65 Å². The second-order valence-electron chi connectivity index (χ2n) is 5.26. The fourth-order valence-corrected chi connectivity index (χ4v) is 3.84. The van der Waals surface area contributed by atoms with Crippen LogP contribution in [0.1, 0.15) is 37.4 Å². The number of thioether (sulfide) groups is 1. The molecule has 0 N–H and O–H groups in total. The highest BCUT2D eigenvalue weighted by Crippen LogP contribution is 2.45. The van der Waals surface area contributed by atoms with E-state index in [1.807, 2.05) is 37.0 Å². The summed E-state index contributed by atoms with van der Waals surface area (Å²) in [6, 6.07) is 3.93. The Labute approximate surface area is 122 Å². The van der Waals surface area contributed by atoms with Crippen LogP contribution in [-0.2, 0) is 6.54 Å². The molecular weight excluding hydrogens is 278 g/mol. The first kappa shape index (κ1) is 13.3. The number of nitrogens with zero attached hydrogens (tertiary/aromatic N) is 3. The average Bonchev–Trinajstić information content (AvgIpc) is 2.73. The molecule has 2 aromatic rings. The maximum atomic E-state index is 6.30. The van der Waals surface area contributed by atoms with Gasteiger partial charge in [0, 0.05) is 17.5 Å². The summed E-state index contributed by atoms with van der Waals surface area (Å²) < 4.78 is 2.58. The largest absolute Gasteiger partial charge is 0.310 e. The summed E-state index contributed by atoms with van der Waals surface area (Å²) >= 11 is 8.26. The molecule has 0 bridgehead atoms. The van der Waals surface area contributed by atoms with Gasteiger partial charge in [0.1, 0.15) is 11.3 Å². The molecule has 0 spiro atoms. The van der Waals surface area contributed by atoms with Crippen molar-refractivity contribution in [1.82, 2.24) is 14.5 Å². The van der Waals surface area contributed by atoms with Crippen LogP contribution in [0.2, 0.25) is 0 Å². The SMILES string of the molecule is CSC1(Cn2c(C(C)Cl)nc3cccnc32)CCC1. The van der Waals surface area contributed by atoms with Crippen molar-refractivity contribution in [1.29, 1.82) is 0 Å². The molecule has 1 aliphatic rings. The van der Waals surface area contributed by atoms with Crippen molar-refractivity contribution < 1.29 is 0 Å². The molecule has 0 radical (unpaired) electrons. The minimum absolute atomic E-state index is 0.0896. The molecule has 1 unspecified atom stereocenters. The third-order valence-corrected chi connectivity index (χ3v) is 5.63. The minimum atomic E-state index is -0.0896. The van der Waals surface area contributed by atoms with E-state index in [2.05, 4.69) is 20.8 Å². The molecule has 0 saturated heterocycles. The van der Waals surface area contributed by atoms with Gasteiger partial charge in [0.2, 0.25) is 0 Å². The lowest BCUT2D eigenvalue weighted by atomic mass is 9.84. The van der Waals surface area contributed by atoms with E-state index in [4.69, 9.17) is 11.6 Å². The van der Waals surface area contributed by atoms with Gasteiger partial charge in [-0.3, -0.25) is 0 Å². The zero-order chi connectivity index (χ0) is 13.5. The van der Waals surface area contributed by atoms with Crippen molar-refractivity contribution in [2.75, 3.05) is 6.26 Å². The summed E-state index contributed by atoms with van der Waals surface area (Å²) in [5, 5.41) is -0.0896. The molecule has 3 rings (SSSR count). The smallest absolute Gasteiger partial charge is 0.160 e. The summed E-state index contributed by atoms with van der Waals surface area (Å²) in [6.45, 7) is 2.94. The van der Waals surface area contributed by atoms with Crippen molar-refractivity contribution in [3.8, 4) is 0 Å². The molecule has 0 aliphatic heterocycles. The van der Waals surface area contributed by atoms with Gasteiger partial charge in [0.05, 0.1) is 5.38 Å². The van der Waals surface area contributed by atoms with E-state index in [9.17, 15) is 0 Å². The normalized spacial score (nSPS) is 19.3. The fourth-order valence-electron chi connectivity index (χ4n) is 2.72. The van der Waals surface area contributed by atoms with Crippen molar-refractivity contribution in [3.63, 3.8) is 0 Å². The second kappa shape index (κ2) is 4.98. The highest BCUT2D eigenvalue weighted by Gasteiger charge is 2.37. The molecule has 2 heterocycles. The number of fused-ring (bicyclic) bond motifs is 1. The zero-order valence-corrected chi connectivity index (χ0v) is 12.8. The molecule has 5 heteroatoms. The lowest BCUT2D eigenvalue weighted by Crippen LogP contribution is -2.38. The van der Waals surface area contributed by atoms with Crippen LogP contribution in [0.3, 0.4) is 0 Å². The Bertz CT molecular complexity index is 584. The molecule has 1 aliphatic carbocycles. The van der Waals surface area contributed by atoms with Crippen LogP contribution in [0.25, 0.3) is 11.2 Å². The molecule has 2 aromatic heterocycles. The van der Waals surface area contributed by atoms with Crippen LogP contribution in [-0.4, -0.2) is 25.5 Å². The highest BCUT2D eigenvalue weighted by atomic mass is 35.5. The lowest BCUT2D eigenvalue weighted by Gasteiger charge is -2.41. The predicted molar refractivity (Wildman–Crippen MR) is 81.9 cm³/mol. The number of alkyl halides is 1. The summed E-state index contributed by atoms with van der Waals surface area (Å²) in [7, 11) is 0. The molecule has 102 valence electrons. The summed E-state index contributed by atoms with van der Waals surface area (Å²) in [6.07, 6.45) is 7.91. The van der Waals surface area contributed by atoms with Crippen LogP contribution in [0.4, 0.5) is 0 Å². The Balaban J connectivity index is 2.07. The van der Waals surface area contributed by atoms with Gasteiger partial charge in [-0.05, 0) is 38.2 Å². The Morgan fingerprint density at radius 2 is 2.32 bits per heavy atom. The molecule has 3 nitrogen and oxygen atoms in total. The van der Waals surface area contributed by atoms with E-state index < -0.39 is 0 Å². The van der Waals surface area contributed by atoms with Gasteiger partial charge < -0.3 is 4.57 Å². The van der Waals surface area contributed by atoms with E-state index in [0.717, 1.165) is 23.5 Å². The van der Waals surface area contributed by atoms with Crippen molar-refractivity contribution in [2.24, 2.45) is 0 Å². The summed E-state index contributed by atoms with van der Waals surface area (Å²) in [5.74, 6) is 0.940. The number of aromatic nitrogens is 3. The molecular formula is C14H18ClN3S. The summed E-state index contributed by atoms with van der Waals surface area (Å²) in [4.78, 5) is 9.14. The molecule has 1 atom stereocenters. The second-order valence-corrected chi connectivity index (χ2v) is 7.19. The maximum Gasteiger partial charge on any atom is 0.160 e. The van der Waals surface area contributed by atoms with Crippen molar-refractivity contribution >= 4 is 34.5 Å². The Morgan fingerprint density at radius 3 is 2.89 bits per heavy atom. The van der Waals surface area contributed by atoms with Crippen LogP contribution in [0, 0.1) is 0 Å². The van der Waals surface area contributed by atoms with E-state index in [0.29, 0.717) is 4.75 Å². The standard InChI is InChI=1S/C14H18ClN3S/c1-10(15)12-17-11-5-3-8-16-13(11)18(12)9-14(19-2)6-4-7-14/h3,5,8,10H,4,6-7,9H2,1-2H3. The number of hydrogen-bond acceptors (Lipinski definition) is 3. The number of halogens is 1. The van der Waals surface area contributed by atoms with Crippen molar-refractivity contribution in [2.45, 2.75) is 42.9 Å². The van der Waals surface area contributed by atoms with Crippen molar-refractivity contribution in [3.05, 3.63) is 24.2 Å². The Hall–Kier alpha value is -0.740. The van der Waals surface area contributed by atoms with Gasteiger partial charge >= 0.3 is 0 Å². The van der Waals surface area contributed by atoms with E-state index in [-0.39, 0.29) is 5.38 Å². The number of pyridine rings is 1. The lowest BCUT2D eigenvalue weighted by molar-refractivity contribution is 0.321. The fraction of sp³-hybridized carbons (Fsp3) is 0.571. The van der Waals surface area contributed by atoms with E-state index >= 15 is 0 Å². The summed E-state index contributed by atoms with van der Waals surface area (Å²) in [5.41, 5.74) is 1.91. The first-order valence-electron chi connectivity index (χ1n) is 6.66. The number of rotatable bonds is 4. The Morgan fingerprint density at radius 1 is 1.53 bits per heavy atom. The highest BCUT2D eigenvalue weighted by molar-refractivity contribution is 8.00. The van der Waals surface area contributed by atoms with Crippen LogP contribution in [0.15, 0.2) is 18.3 Å². The number of hydrogen-bond donors (Lipinski definition) is 0. The third-order valence-electron chi connectivity index (χ3n) is 4.03. The van der Waals surface area contributed by atoms with Crippen LogP contribution < -0.4 is 0 Å². The van der Waals surface area contributed by atoms with Crippen LogP contribution >= 0.6 is 23.4 Å². The first-order chi connectivity index (χ1) is 9.15.